The molecular formula is C28H38F3N5O4S. The molecule has 2 atom stereocenters. The Morgan fingerprint density at radius 1 is 1.22 bits per heavy atom. The number of nitrogens with one attached hydrogen (secondary N) is 1. The lowest BCUT2D eigenvalue weighted by Gasteiger charge is -2.31. The number of benzene rings is 1. The number of piperidine rings is 1. The van der Waals surface area contributed by atoms with Crippen LogP contribution in [0, 0.1) is 0 Å². The molecule has 4 rings (SSSR count). The summed E-state index contributed by atoms with van der Waals surface area (Å²) in [6.07, 6.45) is -0.924. The van der Waals surface area contributed by atoms with Gasteiger partial charge in [-0.2, -0.15) is 18.3 Å². The molecular weight excluding hydrogens is 559 g/mol. The number of aliphatic hydroxyl groups excluding tert-OH is 2. The van der Waals surface area contributed by atoms with Crippen molar-refractivity contribution in [2.45, 2.75) is 71.1 Å². The lowest BCUT2D eigenvalue weighted by Crippen LogP contribution is -2.41. The van der Waals surface area contributed by atoms with Crippen LogP contribution in [0.2, 0.25) is 0 Å². The molecule has 2 unspecified atom stereocenters. The summed E-state index contributed by atoms with van der Waals surface area (Å²) in [5, 5.41) is 28.0. The van der Waals surface area contributed by atoms with E-state index in [1.54, 1.807) is 29.1 Å². The van der Waals surface area contributed by atoms with E-state index in [-0.39, 0.29) is 24.8 Å². The number of aromatic nitrogens is 2. The normalized spacial score (nSPS) is 18.5. The number of carbonyl (C=O) groups excluding carboxylic acids is 1. The maximum absolute atomic E-state index is 13.9. The summed E-state index contributed by atoms with van der Waals surface area (Å²) in [6, 6.07) is 3.77. The van der Waals surface area contributed by atoms with Crippen LogP contribution in [0.3, 0.4) is 0 Å². The molecule has 0 aliphatic carbocycles. The highest BCUT2D eigenvalue weighted by atomic mass is 32.2. The first-order valence-corrected chi connectivity index (χ1v) is 15.2. The predicted octanol–water partition coefficient (Wildman–Crippen LogP) is 2.62. The van der Waals surface area contributed by atoms with Crippen molar-refractivity contribution in [1.82, 2.24) is 24.3 Å². The van der Waals surface area contributed by atoms with E-state index in [1.807, 2.05) is 0 Å². The number of allylic oxidation sites excluding steroid dienone is 1. The fraction of sp³-hybridized carbons (Fsp3) is 0.571. The summed E-state index contributed by atoms with van der Waals surface area (Å²) in [7, 11) is -1.25. The standard InChI is InChI=1S/C28H38F3N5O4S/c1-18(2)12-26(39)32-14-20-13-19(4-5-24(20)28(29,30)31)27-23-17-35(41(3)40)11-8-25(23)36(33-27)16-22(38)15-34-9-6-21(37)7-10-34/h4-5,12-13,21-22,37-38H,6-11,14-17H2,1-3H3,(H,32,39). The molecule has 2 aromatic rings. The van der Waals surface area contributed by atoms with Gasteiger partial charge in [0.25, 0.3) is 0 Å². The smallest absolute Gasteiger partial charge is 0.393 e. The molecule has 226 valence electrons. The van der Waals surface area contributed by atoms with Crippen molar-refractivity contribution in [3.05, 3.63) is 52.2 Å². The van der Waals surface area contributed by atoms with Gasteiger partial charge in [-0.05, 0) is 44.4 Å². The maximum Gasteiger partial charge on any atom is 0.416 e. The van der Waals surface area contributed by atoms with Gasteiger partial charge in [0.2, 0.25) is 5.91 Å². The van der Waals surface area contributed by atoms with Gasteiger partial charge in [0.15, 0.2) is 0 Å². The van der Waals surface area contributed by atoms with Crippen molar-refractivity contribution < 1.29 is 32.4 Å². The van der Waals surface area contributed by atoms with E-state index in [1.165, 1.54) is 18.2 Å². The second-order valence-corrected chi connectivity index (χ2v) is 12.4. The van der Waals surface area contributed by atoms with Gasteiger partial charge >= 0.3 is 6.18 Å². The van der Waals surface area contributed by atoms with Gasteiger partial charge in [-0.3, -0.25) is 9.48 Å². The van der Waals surface area contributed by atoms with Crippen LogP contribution >= 0.6 is 0 Å². The maximum atomic E-state index is 13.9. The minimum atomic E-state index is -4.61. The Hall–Kier alpha value is -2.58. The van der Waals surface area contributed by atoms with E-state index in [0.717, 1.165) is 22.9 Å². The largest absolute Gasteiger partial charge is 0.416 e. The third-order valence-corrected chi connectivity index (χ3v) is 8.47. The predicted molar refractivity (Wildman–Crippen MR) is 150 cm³/mol. The first-order valence-electron chi connectivity index (χ1n) is 13.7. The minimum absolute atomic E-state index is 0.0899. The highest BCUT2D eigenvalue weighted by Gasteiger charge is 2.34. The van der Waals surface area contributed by atoms with E-state index >= 15 is 0 Å². The van der Waals surface area contributed by atoms with Crippen LogP contribution in [0.1, 0.15) is 49.1 Å². The molecule has 0 spiro atoms. The van der Waals surface area contributed by atoms with Gasteiger partial charge in [-0.15, -0.1) is 0 Å². The van der Waals surface area contributed by atoms with Crippen LogP contribution in [0.15, 0.2) is 29.8 Å². The van der Waals surface area contributed by atoms with Crippen molar-refractivity contribution in [1.29, 1.82) is 0 Å². The molecule has 0 radical (unpaired) electrons. The number of β-amino-alcohol motifs (C(OH)–C–C–N with tert-alkyl or cyclic N) is 1. The molecule has 3 heterocycles. The van der Waals surface area contributed by atoms with E-state index in [0.29, 0.717) is 63.2 Å². The highest BCUT2D eigenvalue weighted by Crippen LogP contribution is 2.36. The summed E-state index contributed by atoms with van der Waals surface area (Å²) in [4.78, 5) is 14.2. The van der Waals surface area contributed by atoms with E-state index in [2.05, 4.69) is 10.2 Å². The van der Waals surface area contributed by atoms with Crippen LogP contribution < -0.4 is 5.32 Å². The molecule has 41 heavy (non-hydrogen) atoms. The summed E-state index contributed by atoms with van der Waals surface area (Å²) in [6.45, 7) is 5.95. The molecule has 3 N–H and O–H groups in total. The second-order valence-electron chi connectivity index (χ2n) is 11.0. The number of hydrogen-bond acceptors (Lipinski definition) is 6. The zero-order chi connectivity index (χ0) is 29.9. The molecule has 13 heteroatoms. The number of nitrogens with zero attached hydrogens (tertiary/aromatic N) is 4. The summed E-state index contributed by atoms with van der Waals surface area (Å²) in [5.74, 6) is -0.483. The molecule has 9 nitrogen and oxygen atoms in total. The third kappa shape index (κ3) is 8.04. The van der Waals surface area contributed by atoms with Crippen LogP contribution in [-0.2, 0) is 48.0 Å². The fourth-order valence-corrected chi connectivity index (χ4v) is 6.04. The number of amides is 1. The number of fused-ring (bicyclic) bond motifs is 1. The number of halogens is 3. The highest BCUT2D eigenvalue weighted by molar-refractivity contribution is 7.81. The van der Waals surface area contributed by atoms with Crippen molar-refractivity contribution in [2.75, 3.05) is 32.4 Å². The van der Waals surface area contributed by atoms with E-state index < -0.39 is 34.7 Å². The second kappa shape index (κ2) is 13.2. The average Bonchev–Trinajstić information content (AvgIpc) is 3.25. The average molecular weight is 598 g/mol. The Kier molecular flexibility index (Phi) is 10.1. The molecule has 1 amide bonds. The van der Waals surface area contributed by atoms with Crippen molar-refractivity contribution in [2.24, 2.45) is 0 Å². The van der Waals surface area contributed by atoms with Gasteiger partial charge in [0.1, 0.15) is 0 Å². The zero-order valence-corrected chi connectivity index (χ0v) is 24.4. The van der Waals surface area contributed by atoms with Crippen LogP contribution in [0.25, 0.3) is 11.3 Å². The number of carbonyl (C=O) groups is 1. The summed E-state index contributed by atoms with van der Waals surface area (Å²) >= 11 is 0. The Balaban J connectivity index is 1.66. The van der Waals surface area contributed by atoms with Gasteiger partial charge in [0, 0.05) is 74.8 Å². The van der Waals surface area contributed by atoms with Crippen molar-refractivity contribution in [3.63, 3.8) is 0 Å². The molecule has 1 saturated heterocycles. The molecule has 2 aliphatic heterocycles. The van der Waals surface area contributed by atoms with Gasteiger partial charge in [0.05, 0.1) is 41.0 Å². The number of hydrogen-bond donors (Lipinski definition) is 3. The van der Waals surface area contributed by atoms with Crippen molar-refractivity contribution >= 4 is 16.9 Å². The van der Waals surface area contributed by atoms with E-state index in [9.17, 15) is 32.4 Å². The zero-order valence-electron chi connectivity index (χ0n) is 23.6. The monoisotopic (exact) mass is 597 g/mol. The van der Waals surface area contributed by atoms with E-state index in [4.69, 9.17) is 5.10 Å². The Bertz CT molecular complexity index is 1300. The quantitative estimate of drug-likeness (QED) is 0.384. The number of aliphatic hydroxyl groups is 2. The van der Waals surface area contributed by atoms with Gasteiger partial charge in [-0.25, -0.2) is 8.51 Å². The summed E-state index contributed by atoms with van der Waals surface area (Å²) in [5.41, 5.74) is 2.32. The molecule has 0 saturated carbocycles. The van der Waals surface area contributed by atoms with Crippen LogP contribution in [0.4, 0.5) is 13.2 Å². The fourth-order valence-electron chi connectivity index (χ4n) is 5.39. The van der Waals surface area contributed by atoms with Gasteiger partial charge < -0.3 is 20.4 Å². The topological polar surface area (TPSA) is 111 Å². The van der Waals surface area contributed by atoms with Crippen LogP contribution in [0.5, 0.6) is 0 Å². The number of rotatable bonds is 9. The first-order chi connectivity index (χ1) is 19.3. The lowest BCUT2D eigenvalue weighted by molar-refractivity contribution is -0.138. The number of likely N-dealkylation sites (tertiary alicyclic amines) is 1. The summed E-state index contributed by atoms with van der Waals surface area (Å²) < 4.78 is 57.4. The lowest BCUT2D eigenvalue weighted by atomic mass is 9.97. The Morgan fingerprint density at radius 2 is 1.93 bits per heavy atom. The molecule has 0 bridgehead atoms. The Morgan fingerprint density at radius 3 is 2.56 bits per heavy atom. The van der Waals surface area contributed by atoms with Crippen LogP contribution in [-0.4, -0.2) is 84.0 Å². The molecule has 1 aromatic heterocycles. The Labute approximate surface area is 240 Å². The molecule has 1 fully saturated rings. The molecule has 1 aromatic carbocycles. The van der Waals surface area contributed by atoms with Gasteiger partial charge in [-0.1, -0.05) is 11.6 Å². The first kappa shape index (κ1) is 31.4. The third-order valence-electron chi connectivity index (χ3n) is 7.43. The minimum Gasteiger partial charge on any atom is -0.393 e. The SMILES string of the molecule is CC(C)=CC(=O)NCc1cc(-c2nn(CC(O)CN3CCC(O)CC3)c3c2CN(S(C)=O)CC3)ccc1C(F)(F)F. The number of alkyl halides is 3. The van der Waals surface area contributed by atoms with Crippen molar-refractivity contribution in [3.8, 4) is 11.3 Å². The molecule has 2 aliphatic rings.